The highest BCUT2D eigenvalue weighted by atomic mass is 16.3. The molecular formula is C18H21N3O4. The molecule has 1 unspecified atom stereocenters. The summed E-state index contributed by atoms with van der Waals surface area (Å²) in [6.07, 6.45) is 1.55. The largest absolute Gasteiger partial charge is 0.467 e. The minimum atomic E-state index is -0.268. The van der Waals surface area contributed by atoms with Gasteiger partial charge in [-0.2, -0.15) is 0 Å². The molecule has 3 amide bonds. The van der Waals surface area contributed by atoms with Gasteiger partial charge in [0.25, 0.3) is 5.91 Å². The van der Waals surface area contributed by atoms with Crippen LogP contribution in [0.1, 0.15) is 42.9 Å². The summed E-state index contributed by atoms with van der Waals surface area (Å²) in [4.78, 5) is 37.0. The molecule has 0 radical (unpaired) electrons. The third-order valence-corrected chi connectivity index (χ3v) is 3.68. The summed E-state index contributed by atoms with van der Waals surface area (Å²) in [6, 6.07) is 8.02. The summed E-state index contributed by atoms with van der Waals surface area (Å²) in [5.41, 5.74) is 1.21. The average Bonchev–Trinajstić information content (AvgIpc) is 3.05. The Morgan fingerprint density at radius 3 is 2.04 bits per heavy atom. The lowest BCUT2D eigenvalue weighted by Crippen LogP contribution is -2.29. The van der Waals surface area contributed by atoms with Gasteiger partial charge in [0.1, 0.15) is 5.76 Å². The summed E-state index contributed by atoms with van der Waals surface area (Å²) in [5.74, 6) is -0.134. The maximum atomic E-state index is 12.8. The Hall–Kier alpha value is -3.09. The van der Waals surface area contributed by atoms with Crippen molar-refractivity contribution < 1.29 is 18.8 Å². The Balaban J connectivity index is 2.33. The van der Waals surface area contributed by atoms with Crippen molar-refractivity contribution in [3.8, 4) is 0 Å². The molecule has 0 aliphatic rings. The van der Waals surface area contributed by atoms with E-state index in [1.54, 1.807) is 43.6 Å². The van der Waals surface area contributed by atoms with Gasteiger partial charge in [0.2, 0.25) is 11.8 Å². The van der Waals surface area contributed by atoms with Crippen LogP contribution < -0.4 is 10.6 Å². The van der Waals surface area contributed by atoms with E-state index in [2.05, 4.69) is 10.6 Å². The SMILES string of the molecule is CC(=O)Nc1cc(NC(C)=O)cc(C(=O)N(C)C(C)c2ccco2)c1. The van der Waals surface area contributed by atoms with Crippen molar-refractivity contribution in [2.45, 2.75) is 26.8 Å². The highest BCUT2D eigenvalue weighted by molar-refractivity contribution is 6.00. The molecule has 132 valence electrons. The number of carbonyl (C=O) groups is 3. The van der Waals surface area contributed by atoms with Gasteiger partial charge >= 0.3 is 0 Å². The van der Waals surface area contributed by atoms with Crippen LogP contribution in [0.4, 0.5) is 11.4 Å². The van der Waals surface area contributed by atoms with Crippen molar-refractivity contribution >= 4 is 29.1 Å². The Bertz CT molecular complexity index is 749. The van der Waals surface area contributed by atoms with Gasteiger partial charge in [-0.05, 0) is 37.3 Å². The molecule has 1 aromatic carbocycles. The topological polar surface area (TPSA) is 91.7 Å². The van der Waals surface area contributed by atoms with E-state index in [9.17, 15) is 14.4 Å². The summed E-state index contributed by atoms with van der Waals surface area (Å²) < 4.78 is 5.35. The second-order valence-corrected chi connectivity index (χ2v) is 5.77. The molecule has 2 aromatic rings. The van der Waals surface area contributed by atoms with Crippen molar-refractivity contribution in [1.29, 1.82) is 0 Å². The number of anilines is 2. The van der Waals surface area contributed by atoms with Crippen LogP contribution in [0.3, 0.4) is 0 Å². The first-order valence-corrected chi connectivity index (χ1v) is 7.78. The van der Waals surface area contributed by atoms with Gasteiger partial charge < -0.3 is 20.0 Å². The average molecular weight is 343 g/mol. The zero-order valence-electron chi connectivity index (χ0n) is 14.6. The Labute approximate surface area is 146 Å². The van der Waals surface area contributed by atoms with E-state index in [-0.39, 0.29) is 23.8 Å². The number of hydrogen-bond donors (Lipinski definition) is 2. The van der Waals surface area contributed by atoms with Crippen molar-refractivity contribution in [3.05, 3.63) is 47.9 Å². The second-order valence-electron chi connectivity index (χ2n) is 5.77. The second kappa shape index (κ2) is 7.65. The van der Waals surface area contributed by atoms with Crippen LogP contribution in [0.25, 0.3) is 0 Å². The van der Waals surface area contributed by atoms with Crippen LogP contribution in [0.5, 0.6) is 0 Å². The van der Waals surface area contributed by atoms with E-state index in [1.165, 1.54) is 18.7 Å². The maximum absolute atomic E-state index is 12.8. The predicted octanol–water partition coefficient (Wildman–Crippen LogP) is 3.03. The number of furan rings is 1. The quantitative estimate of drug-likeness (QED) is 0.873. The van der Waals surface area contributed by atoms with E-state index < -0.39 is 0 Å². The third kappa shape index (κ3) is 4.69. The highest BCUT2D eigenvalue weighted by Crippen LogP contribution is 2.24. The number of hydrogen-bond acceptors (Lipinski definition) is 4. The maximum Gasteiger partial charge on any atom is 0.254 e. The van der Waals surface area contributed by atoms with Crippen molar-refractivity contribution in [2.75, 3.05) is 17.7 Å². The molecule has 2 rings (SSSR count). The van der Waals surface area contributed by atoms with E-state index in [0.717, 1.165) is 0 Å². The lowest BCUT2D eigenvalue weighted by Gasteiger charge is -2.24. The molecule has 0 spiro atoms. The Morgan fingerprint density at radius 2 is 1.60 bits per heavy atom. The smallest absolute Gasteiger partial charge is 0.254 e. The van der Waals surface area contributed by atoms with Crippen molar-refractivity contribution in [3.63, 3.8) is 0 Å². The van der Waals surface area contributed by atoms with Crippen molar-refractivity contribution in [2.24, 2.45) is 0 Å². The highest BCUT2D eigenvalue weighted by Gasteiger charge is 2.21. The fraction of sp³-hybridized carbons (Fsp3) is 0.278. The van der Waals surface area contributed by atoms with Gasteiger partial charge in [-0.25, -0.2) is 0 Å². The molecule has 1 heterocycles. The van der Waals surface area contributed by atoms with E-state index in [4.69, 9.17) is 4.42 Å². The van der Waals surface area contributed by atoms with E-state index in [1.807, 2.05) is 6.92 Å². The van der Waals surface area contributed by atoms with Crippen molar-refractivity contribution in [1.82, 2.24) is 4.90 Å². The molecular weight excluding hydrogens is 322 g/mol. The fourth-order valence-corrected chi connectivity index (χ4v) is 2.40. The van der Waals surface area contributed by atoms with Gasteiger partial charge in [-0.1, -0.05) is 0 Å². The minimum Gasteiger partial charge on any atom is -0.467 e. The molecule has 1 aromatic heterocycles. The van der Waals surface area contributed by atoms with E-state index in [0.29, 0.717) is 22.7 Å². The summed E-state index contributed by atoms with van der Waals surface area (Å²) >= 11 is 0. The first kappa shape index (κ1) is 18.3. The molecule has 7 nitrogen and oxygen atoms in total. The molecule has 2 N–H and O–H groups in total. The minimum absolute atomic E-state index is 0.261. The number of rotatable bonds is 5. The van der Waals surface area contributed by atoms with Crippen LogP contribution in [0.15, 0.2) is 41.0 Å². The molecule has 0 aliphatic heterocycles. The van der Waals surface area contributed by atoms with Crippen LogP contribution in [0.2, 0.25) is 0 Å². The molecule has 0 saturated carbocycles. The lowest BCUT2D eigenvalue weighted by molar-refractivity contribution is -0.115. The van der Waals surface area contributed by atoms with Crippen LogP contribution in [-0.4, -0.2) is 29.7 Å². The number of amides is 3. The van der Waals surface area contributed by atoms with Gasteiger partial charge in [-0.3, -0.25) is 14.4 Å². The normalized spacial score (nSPS) is 11.5. The summed E-state index contributed by atoms with van der Waals surface area (Å²) in [7, 11) is 1.67. The standard InChI is InChI=1S/C18H21N3O4/c1-11(17-6-5-7-25-17)21(4)18(24)14-8-15(19-12(2)22)10-16(9-14)20-13(3)23/h5-11H,1-4H3,(H,19,22)(H,20,23). The zero-order chi connectivity index (χ0) is 18.6. The van der Waals surface area contributed by atoms with Gasteiger partial charge in [0.15, 0.2) is 0 Å². The number of nitrogens with zero attached hydrogens (tertiary/aromatic N) is 1. The monoisotopic (exact) mass is 343 g/mol. The first-order chi connectivity index (χ1) is 11.8. The Kier molecular flexibility index (Phi) is 5.59. The Morgan fingerprint density at radius 1 is 1.04 bits per heavy atom. The summed E-state index contributed by atoms with van der Waals surface area (Å²) in [6.45, 7) is 4.60. The van der Waals surface area contributed by atoms with Gasteiger partial charge in [-0.15, -0.1) is 0 Å². The van der Waals surface area contributed by atoms with Gasteiger partial charge in [0.05, 0.1) is 12.3 Å². The molecule has 0 saturated heterocycles. The van der Waals surface area contributed by atoms with Crippen LogP contribution in [-0.2, 0) is 9.59 Å². The number of carbonyl (C=O) groups excluding carboxylic acids is 3. The molecule has 0 bridgehead atoms. The number of nitrogens with one attached hydrogen (secondary N) is 2. The predicted molar refractivity (Wildman–Crippen MR) is 94.3 cm³/mol. The summed E-state index contributed by atoms with van der Waals surface area (Å²) in [5, 5.41) is 5.26. The molecule has 0 fully saturated rings. The van der Waals surface area contributed by atoms with E-state index >= 15 is 0 Å². The number of benzene rings is 1. The molecule has 0 aliphatic carbocycles. The van der Waals surface area contributed by atoms with Crippen LogP contribution in [0, 0.1) is 0 Å². The molecule has 25 heavy (non-hydrogen) atoms. The first-order valence-electron chi connectivity index (χ1n) is 7.78. The third-order valence-electron chi connectivity index (χ3n) is 3.68. The fourth-order valence-electron chi connectivity index (χ4n) is 2.40. The lowest BCUT2D eigenvalue weighted by atomic mass is 10.1. The zero-order valence-corrected chi connectivity index (χ0v) is 14.6. The molecule has 1 atom stereocenters. The molecule has 7 heteroatoms. The van der Waals surface area contributed by atoms with Gasteiger partial charge in [0, 0.05) is 37.8 Å². The van der Waals surface area contributed by atoms with Crippen LogP contribution >= 0.6 is 0 Å².